The van der Waals surface area contributed by atoms with Crippen LogP contribution >= 0.6 is 0 Å². The van der Waals surface area contributed by atoms with Gasteiger partial charge in [-0.15, -0.1) is 0 Å². The van der Waals surface area contributed by atoms with E-state index in [1.165, 1.54) is 12.8 Å². The van der Waals surface area contributed by atoms with E-state index in [-0.39, 0.29) is 24.5 Å². The van der Waals surface area contributed by atoms with Crippen molar-refractivity contribution in [2.75, 3.05) is 27.7 Å². The van der Waals surface area contributed by atoms with Gasteiger partial charge in [0.25, 0.3) is 0 Å². The highest BCUT2D eigenvalue weighted by atomic mass is 35.5. The van der Waals surface area contributed by atoms with Gasteiger partial charge >= 0.3 is 5.97 Å². The molecule has 19 heavy (non-hydrogen) atoms. The fourth-order valence-electron chi connectivity index (χ4n) is 2.84. The van der Waals surface area contributed by atoms with Crippen molar-refractivity contribution in [2.24, 2.45) is 17.8 Å². The highest BCUT2D eigenvalue weighted by molar-refractivity contribution is 5.70. The normalized spacial score (nSPS) is 27.8. The SMILES string of the molecule is CC1CCC(C(C)C)[C@@H](OC(=O)C[N+](C)(C)C)C1.[Cl-]. The molecule has 1 fully saturated rings. The van der Waals surface area contributed by atoms with Gasteiger partial charge in [0.15, 0.2) is 6.54 Å². The summed E-state index contributed by atoms with van der Waals surface area (Å²) in [4.78, 5) is 12.0. The lowest BCUT2D eigenvalue weighted by Crippen LogP contribution is -3.00. The molecule has 0 aromatic heterocycles. The molecule has 3 nitrogen and oxygen atoms in total. The Balaban J connectivity index is 0.00000324. The topological polar surface area (TPSA) is 26.3 Å². The Kier molecular flexibility index (Phi) is 7.38. The summed E-state index contributed by atoms with van der Waals surface area (Å²) in [6.07, 6.45) is 3.63. The third kappa shape index (κ3) is 6.62. The summed E-state index contributed by atoms with van der Waals surface area (Å²) in [5.41, 5.74) is 0. The van der Waals surface area contributed by atoms with Gasteiger partial charge < -0.3 is 21.6 Å². The molecule has 0 heterocycles. The molecule has 0 saturated heterocycles. The molecule has 1 rings (SSSR count). The third-order valence-electron chi connectivity index (χ3n) is 3.85. The molecule has 0 amide bonds. The van der Waals surface area contributed by atoms with E-state index in [0.29, 0.717) is 28.8 Å². The first kappa shape index (κ1) is 18.7. The number of rotatable bonds is 4. The van der Waals surface area contributed by atoms with E-state index in [1.54, 1.807) is 0 Å². The van der Waals surface area contributed by atoms with Crippen molar-refractivity contribution in [3.05, 3.63) is 0 Å². The highest BCUT2D eigenvalue weighted by Gasteiger charge is 2.34. The van der Waals surface area contributed by atoms with Crippen molar-refractivity contribution in [3.8, 4) is 0 Å². The number of hydrogen-bond acceptors (Lipinski definition) is 2. The van der Waals surface area contributed by atoms with Crippen LogP contribution in [0.4, 0.5) is 0 Å². The van der Waals surface area contributed by atoms with Crippen molar-refractivity contribution < 1.29 is 26.4 Å². The van der Waals surface area contributed by atoms with Gasteiger partial charge in [-0.1, -0.05) is 27.2 Å². The molecule has 0 aromatic carbocycles. The van der Waals surface area contributed by atoms with Crippen molar-refractivity contribution in [2.45, 2.75) is 46.1 Å². The second kappa shape index (κ2) is 7.49. The number of esters is 1. The average Bonchev–Trinajstić information content (AvgIpc) is 2.13. The first-order valence-corrected chi connectivity index (χ1v) is 7.19. The quantitative estimate of drug-likeness (QED) is 0.525. The molecule has 1 aliphatic rings. The minimum Gasteiger partial charge on any atom is -1.00 e. The summed E-state index contributed by atoms with van der Waals surface area (Å²) in [6.45, 7) is 7.19. The maximum absolute atomic E-state index is 12.0. The minimum absolute atomic E-state index is 0. The van der Waals surface area contributed by atoms with Gasteiger partial charge in [0, 0.05) is 0 Å². The van der Waals surface area contributed by atoms with Crippen LogP contribution in [-0.4, -0.2) is 44.2 Å². The Morgan fingerprint density at radius 1 is 1.26 bits per heavy atom. The Labute approximate surface area is 124 Å². The maximum Gasteiger partial charge on any atom is 0.362 e. The van der Waals surface area contributed by atoms with E-state index < -0.39 is 0 Å². The number of carbonyl (C=O) groups excluding carboxylic acids is 1. The molecule has 0 aliphatic heterocycles. The number of halogens is 1. The van der Waals surface area contributed by atoms with Crippen LogP contribution in [0.2, 0.25) is 0 Å². The van der Waals surface area contributed by atoms with Crippen LogP contribution in [0.25, 0.3) is 0 Å². The van der Waals surface area contributed by atoms with E-state index in [4.69, 9.17) is 4.74 Å². The monoisotopic (exact) mass is 291 g/mol. The molecular weight excluding hydrogens is 262 g/mol. The predicted octanol–water partition coefficient (Wildman–Crippen LogP) is -0.299. The van der Waals surface area contributed by atoms with Gasteiger partial charge in [0.2, 0.25) is 0 Å². The molecular formula is C15H30ClNO2. The first-order chi connectivity index (χ1) is 8.19. The zero-order chi connectivity index (χ0) is 13.9. The molecule has 114 valence electrons. The van der Waals surface area contributed by atoms with Crippen molar-refractivity contribution in [1.82, 2.24) is 0 Å². The van der Waals surface area contributed by atoms with Gasteiger partial charge in [-0.25, -0.2) is 4.79 Å². The minimum atomic E-state index is -0.0488. The van der Waals surface area contributed by atoms with Crippen LogP contribution in [0, 0.1) is 17.8 Å². The number of likely N-dealkylation sites (N-methyl/N-ethyl adjacent to an activating group) is 1. The Bertz CT molecular complexity index is 286. The van der Waals surface area contributed by atoms with E-state index in [0.717, 1.165) is 6.42 Å². The van der Waals surface area contributed by atoms with Gasteiger partial charge in [-0.05, 0) is 30.6 Å². The highest BCUT2D eigenvalue weighted by Crippen LogP contribution is 2.35. The van der Waals surface area contributed by atoms with Gasteiger partial charge in [-0.2, -0.15) is 0 Å². The van der Waals surface area contributed by atoms with Crippen LogP contribution in [0.15, 0.2) is 0 Å². The molecule has 0 N–H and O–H groups in total. The largest absolute Gasteiger partial charge is 1.00 e. The molecule has 0 spiro atoms. The summed E-state index contributed by atoms with van der Waals surface area (Å²) in [5.74, 6) is 1.77. The van der Waals surface area contributed by atoms with E-state index >= 15 is 0 Å². The van der Waals surface area contributed by atoms with Gasteiger partial charge in [0.05, 0.1) is 21.1 Å². The molecule has 1 aliphatic carbocycles. The van der Waals surface area contributed by atoms with Crippen LogP contribution in [0.3, 0.4) is 0 Å². The number of quaternary nitrogens is 1. The van der Waals surface area contributed by atoms with Crippen LogP contribution in [0.1, 0.15) is 40.0 Å². The van der Waals surface area contributed by atoms with Gasteiger partial charge in [-0.3, -0.25) is 0 Å². The molecule has 3 atom stereocenters. The molecule has 0 radical (unpaired) electrons. The van der Waals surface area contributed by atoms with E-state index in [1.807, 2.05) is 21.1 Å². The third-order valence-corrected chi connectivity index (χ3v) is 3.85. The number of nitrogens with zero attached hydrogens (tertiary/aromatic N) is 1. The zero-order valence-electron chi connectivity index (χ0n) is 13.3. The summed E-state index contributed by atoms with van der Waals surface area (Å²) in [7, 11) is 6.06. The Morgan fingerprint density at radius 2 is 1.84 bits per heavy atom. The second-order valence-corrected chi connectivity index (χ2v) is 7.30. The summed E-state index contributed by atoms with van der Waals surface area (Å²) < 4.78 is 6.39. The smallest absolute Gasteiger partial charge is 0.362 e. The number of hydrogen-bond donors (Lipinski definition) is 0. The maximum atomic E-state index is 12.0. The van der Waals surface area contributed by atoms with Crippen LogP contribution in [0.5, 0.6) is 0 Å². The lowest BCUT2D eigenvalue weighted by Gasteiger charge is -2.37. The molecule has 0 bridgehead atoms. The zero-order valence-corrected chi connectivity index (χ0v) is 14.0. The van der Waals surface area contributed by atoms with Crippen molar-refractivity contribution in [1.29, 1.82) is 0 Å². The van der Waals surface area contributed by atoms with Crippen LogP contribution < -0.4 is 12.4 Å². The van der Waals surface area contributed by atoms with Crippen LogP contribution in [-0.2, 0) is 9.53 Å². The molecule has 4 heteroatoms. The first-order valence-electron chi connectivity index (χ1n) is 7.19. The summed E-state index contributed by atoms with van der Waals surface area (Å²) in [5, 5.41) is 0. The standard InChI is InChI=1S/C15H30NO2.ClH/c1-11(2)13-8-7-12(3)9-14(13)18-15(17)10-16(4,5)6;/h11-14H,7-10H2,1-6H3;1H/q+1;/p-1/t12?,13?,14-;/m0./s1. The van der Waals surface area contributed by atoms with Gasteiger partial charge in [0.1, 0.15) is 6.10 Å². The lowest BCUT2D eigenvalue weighted by atomic mass is 9.75. The summed E-state index contributed by atoms with van der Waals surface area (Å²) in [6, 6.07) is 0. The fraction of sp³-hybridized carbons (Fsp3) is 0.933. The fourth-order valence-corrected chi connectivity index (χ4v) is 2.84. The Hall–Kier alpha value is -0.280. The second-order valence-electron chi connectivity index (χ2n) is 7.30. The number of carbonyl (C=O) groups is 1. The van der Waals surface area contributed by atoms with Crippen molar-refractivity contribution in [3.63, 3.8) is 0 Å². The molecule has 1 saturated carbocycles. The Morgan fingerprint density at radius 3 is 2.32 bits per heavy atom. The van der Waals surface area contributed by atoms with E-state index in [9.17, 15) is 4.79 Å². The van der Waals surface area contributed by atoms with Crippen molar-refractivity contribution >= 4 is 5.97 Å². The molecule has 2 unspecified atom stereocenters. The number of ether oxygens (including phenoxy) is 1. The summed E-state index contributed by atoms with van der Waals surface area (Å²) >= 11 is 0. The predicted molar refractivity (Wildman–Crippen MR) is 74.1 cm³/mol. The molecule has 0 aromatic rings. The lowest BCUT2D eigenvalue weighted by molar-refractivity contribution is -0.862. The average molecular weight is 292 g/mol. The van der Waals surface area contributed by atoms with E-state index in [2.05, 4.69) is 20.8 Å².